The number of nitrogens with zero attached hydrogens (tertiary/aromatic N) is 2. The number of piperidine rings is 3. The Morgan fingerprint density at radius 3 is 2.71 bits per heavy atom. The van der Waals surface area contributed by atoms with Crippen molar-refractivity contribution in [3.8, 4) is 0 Å². The molecule has 1 spiro atoms. The van der Waals surface area contributed by atoms with Gasteiger partial charge in [-0.2, -0.15) is 0 Å². The molecule has 1 saturated carbocycles. The van der Waals surface area contributed by atoms with E-state index in [-0.39, 0.29) is 11.4 Å². The van der Waals surface area contributed by atoms with Crippen molar-refractivity contribution in [2.75, 3.05) is 44.3 Å². The molecule has 28 heavy (non-hydrogen) atoms. The summed E-state index contributed by atoms with van der Waals surface area (Å²) in [5, 5.41) is 4.54. The van der Waals surface area contributed by atoms with Gasteiger partial charge in [-0.1, -0.05) is 12.1 Å². The van der Waals surface area contributed by atoms with Gasteiger partial charge in [-0.15, -0.1) is 11.3 Å². The third-order valence-corrected chi connectivity index (χ3v) is 8.51. The molecule has 1 N–H and O–H groups in total. The molecule has 2 atom stereocenters. The van der Waals surface area contributed by atoms with Crippen molar-refractivity contribution in [3.05, 3.63) is 29.1 Å². The lowest BCUT2D eigenvalue weighted by atomic mass is 9.81. The summed E-state index contributed by atoms with van der Waals surface area (Å²) in [6, 6.07) is 8.81. The first-order valence-electron chi connectivity index (χ1n) is 10.6. The van der Waals surface area contributed by atoms with Crippen LogP contribution in [-0.4, -0.2) is 61.8 Å². The van der Waals surface area contributed by atoms with E-state index in [1.807, 2.05) is 0 Å². The Kier molecular flexibility index (Phi) is 3.97. The van der Waals surface area contributed by atoms with E-state index >= 15 is 0 Å². The highest BCUT2D eigenvalue weighted by Crippen LogP contribution is 2.53. The van der Waals surface area contributed by atoms with Crippen LogP contribution >= 0.6 is 11.3 Å². The van der Waals surface area contributed by atoms with E-state index in [1.54, 1.807) is 11.3 Å². The summed E-state index contributed by atoms with van der Waals surface area (Å²) in [6.07, 6.45) is 5.12. The zero-order valence-electron chi connectivity index (χ0n) is 16.2. The average Bonchev–Trinajstić information content (AvgIpc) is 3.20. The van der Waals surface area contributed by atoms with E-state index in [4.69, 9.17) is 4.74 Å². The number of fused-ring (bicyclic) bond motifs is 3. The highest BCUT2D eigenvalue weighted by Gasteiger charge is 2.62. The highest BCUT2D eigenvalue weighted by molar-refractivity contribution is 7.21. The molecule has 7 rings (SSSR count). The topological polar surface area (TPSA) is 44.8 Å². The fraction of sp³-hybridized carbons (Fsp3) is 0.591. The van der Waals surface area contributed by atoms with Crippen molar-refractivity contribution in [3.63, 3.8) is 0 Å². The van der Waals surface area contributed by atoms with Gasteiger partial charge in [-0.3, -0.25) is 9.69 Å². The second kappa shape index (κ2) is 6.44. The molecule has 5 fully saturated rings. The lowest BCUT2D eigenvalue weighted by molar-refractivity contribution is 0.0277. The summed E-state index contributed by atoms with van der Waals surface area (Å²) in [5.74, 6) is 0.992. The average molecular weight is 398 g/mol. The number of thiophene rings is 1. The zero-order valence-corrected chi connectivity index (χ0v) is 17.0. The number of ether oxygens (including phenoxy) is 1. The summed E-state index contributed by atoms with van der Waals surface area (Å²) in [4.78, 5) is 18.9. The van der Waals surface area contributed by atoms with E-state index in [1.165, 1.54) is 48.1 Å². The molecule has 6 heteroatoms. The van der Waals surface area contributed by atoms with Crippen LogP contribution in [0.3, 0.4) is 0 Å². The van der Waals surface area contributed by atoms with E-state index in [0.29, 0.717) is 6.04 Å². The molecule has 4 saturated heterocycles. The molecule has 1 aromatic carbocycles. The van der Waals surface area contributed by atoms with Crippen LogP contribution in [0.25, 0.3) is 10.1 Å². The Balaban J connectivity index is 1.22. The quantitative estimate of drug-likeness (QED) is 0.865. The van der Waals surface area contributed by atoms with Gasteiger partial charge in [0.15, 0.2) is 0 Å². The lowest BCUT2D eigenvalue weighted by Crippen LogP contribution is -2.54. The van der Waals surface area contributed by atoms with Gasteiger partial charge in [0.25, 0.3) is 5.91 Å². The maximum atomic E-state index is 13.0. The van der Waals surface area contributed by atoms with E-state index in [9.17, 15) is 4.79 Å². The summed E-state index contributed by atoms with van der Waals surface area (Å²) in [5.41, 5.74) is 1.52. The third kappa shape index (κ3) is 2.69. The van der Waals surface area contributed by atoms with Gasteiger partial charge in [0, 0.05) is 24.7 Å². The minimum atomic E-state index is 0.110. The fourth-order valence-electron chi connectivity index (χ4n) is 5.71. The standard InChI is InChI=1S/C22H27N3O2S/c26-21(23-19-14-22(19)13-15-4-6-25(22)7-5-15)18-12-16-2-1-3-17(20(16)28-18)24-8-10-27-11-9-24/h1-3,12,15,19H,4-11,13-14H2,(H,23,26)/t19?,22-/m0/s1. The molecule has 1 aliphatic carbocycles. The van der Waals surface area contributed by atoms with Gasteiger partial charge in [0.05, 0.1) is 28.5 Å². The molecular weight excluding hydrogens is 370 g/mol. The molecular formula is C22H27N3O2S. The predicted molar refractivity (Wildman–Crippen MR) is 112 cm³/mol. The van der Waals surface area contributed by atoms with E-state index in [0.717, 1.165) is 43.5 Å². The van der Waals surface area contributed by atoms with Crippen LogP contribution in [0, 0.1) is 5.92 Å². The number of nitrogens with one attached hydrogen (secondary N) is 1. The molecule has 148 valence electrons. The number of carbonyl (C=O) groups excluding carboxylic acids is 1. The largest absolute Gasteiger partial charge is 0.378 e. The van der Waals surface area contributed by atoms with E-state index < -0.39 is 0 Å². The first-order chi connectivity index (χ1) is 13.7. The number of benzene rings is 1. The number of rotatable bonds is 3. The first-order valence-corrected chi connectivity index (χ1v) is 11.5. The number of hydrogen-bond acceptors (Lipinski definition) is 5. The number of carbonyl (C=O) groups is 1. The third-order valence-electron chi connectivity index (χ3n) is 7.34. The smallest absolute Gasteiger partial charge is 0.261 e. The van der Waals surface area contributed by atoms with Crippen LogP contribution in [0.4, 0.5) is 5.69 Å². The number of morpholine rings is 1. The van der Waals surface area contributed by atoms with Crippen molar-refractivity contribution in [2.24, 2.45) is 5.92 Å². The van der Waals surface area contributed by atoms with Gasteiger partial charge < -0.3 is 15.0 Å². The molecule has 5 nitrogen and oxygen atoms in total. The van der Waals surface area contributed by atoms with Crippen LogP contribution in [0.15, 0.2) is 24.3 Å². The summed E-state index contributed by atoms with van der Waals surface area (Å²) < 4.78 is 6.72. The molecule has 2 bridgehead atoms. The second-order valence-electron chi connectivity index (χ2n) is 8.87. The van der Waals surface area contributed by atoms with Crippen molar-refractivity contribution in [1.82, 2.24) is 10.2 Å². The van der Waals surface area contributed by atoms with Crippen molar-refractivity contribution >= 4 is 33.0 Å². The summed E-state index contributed by atoms with van der Waals surface area (Å²) >= 11 is 1.64. The van der Waals surface area contributed by atoms with Crippen LogP contribution in [0.2, 0.25) is 0 Å². The lowest BCUT2D eigenvalue weighted by Gasteiger charge is -2.46. The molecule has 5 heterocycles. The molecule has 1 unspecified atom stereocenters. The molecule has 4 aliphatic heterocycles. The highest BCUT2D eigenvalue weighted by atomic mass is 32.1. The Labute approximate surface area is 169 Å². The van der Waals surface area contributed by atoms with Gasteiger partial charge in [-0.25, -0.2) is 0 Å². The number of amides is 1. The number of hydrogen-bond donors (Lipinski definition) is 1. The minimum Gasteiger partial charge on any atom is -0.378 e. The monoisotopic (exact) mass is 397 g/mol. The molecule has 2 aromatic rings. The number of anilines is 1. The van der Waals surface area contributed by atoms with Crippen molar-refractivity contribution in [1.29, 1.82) is 0 Å². The van der Waals surface area contributed by atoms with Crippen LogP contribution in [0.5, 0.6) is 0 Å². The van der Waals surface area contributed by atoms with Crippen LogP contribution < -0.4 is 10.2 Å². The van der Waals surface area contributed by atoms with Crippen molar-refractivity contribution in [2.45, 2.75) is 37.3 Å². The van der Waals surface area contributed by atoms with E-state index in [2.05, 4.69) is 39.4 Å². The van der Waals surface area contributed by atoms with Crippen LogP contribution in [0.1, 0.15) is 35.4 Å². The maximum absolute atomic E-state index is 13.0. The van der Waals surface area contributed by atoms with Gasteiger partial charge in [-0.05, 0) is 62.2 Å². The van der Waals surface area contributed by atoms with Crippen LogP contribution in [-0.2, 0) is 4.74 Å². The normalized spacial score (nSPS) is 34.1. The Morgan fingerprint density at radius 1 is 1.14 bits per heavy atom. The molecule has 5 aliphatic rings. The zero-order chi connectivity index (χ0) is 18.7. The maximum Gasteiger partial charge on any atom is 0.261 e. The Hall–Kier alpha value is -1.63. The fourth-order valence-corrected chi connectivity index (χ4v) is 6.81. The van der Waals surface area contributed by atoms with Gasteiger partial charge in [0.1, 0.15) is 0 Å². The van der Waals surface area contributed by atoms with Gasteiger partial charge in [0.2, 0.25) is 0 Å². The van der Waals surface area contributed by atoms with Gasteiger partial charge >= 0.3 is 0 Å². The first kappa shape index (κ1) is 17.2. The Bertz CT molecular complexity index is 914. The summed E-state index contributed by atoms with van der Waals surface area (Å²) in [6.45, 7) is 5.83. The molecule has 0 radical (unpaired) electrons. The summed E-state index contributed by atoms with van der Waals surface area (Å²) in [7, 11) is 0. The van der Waals surface area contributed by atoms with Crippen molar-refractivity contribution < 1.29 is 9.53 Å². The minimum absolute atomic E-state index is 0.110. The predicted octanol–water partition coefficient (Wildman–Crippen LogP) is 3.09. The second-order valence-corrected chi connectivity index (χ2v) is 9.93. The molecule has 1 aromatic heterocycles. The molecule has 1 amide bonds. The SMILES string of the molecule is O=C(NC1C[C@@]12CC1CCN2CC1)c1cc2cccc(N3CCOCC3)c2s1. The Morgan fingerprint density at radius 2 is 1.96 bits per heavy atom.